The van der Waals surface area contributed by atoms with Gasteiger partial charge in [0, 0.05) is 0 Å². The normalized spacial score (nSPS) is 11.1. The zero-order chi connectivity index (χ0) is 12.3. The largest absolute Gasteiger partial charge is 0.481 e. The Morgan fingerprint density at radius 2 is 2.00 bits per heavy atom. The average Bonchev–Trinajstić information content (AvgIpc) is 2.32. The third-order valence-corrected chi connectivity index (χ3v) is 2.77. The highest BCUT2D eigenvalue weighted by atomic mass is 16.4. The van der Waals surface area contributed by atoms with Gasteiger partial charge in [0.25, 0.3) is 0 Å². The molecule has 0 bridgehead atoms. The fraction of sp³-hybridized carbons (Fsp3) is 0.133. The monoisotopic (exact) mass is 226 g/mol. The summed E-state index contributed by atoms with van der Waals surface area (Å²) in [6, 6.07) is 12.3. The second-order valence-corrected chi connectivity index (χ2v) is 4.02. The van der Waals surface area contributed by atoms with Crippen molar-refractivity contribution in [2.75, 3.05) is 0 Å². The molecule has 0 atom stereocenters. The lowest BCUT2D eigenvalue weighted by Crippen LogP contribution is -1.90. The van der Waals surface area contributed by atoms with Gasteiger partial charge in [-0.05, 0) is 28.8 Å². The minimum atomic E-state index is -0.806. The van der Waals surface area contributed by atoms with Crippen molar-refractivity contribution < 1.29 is 9.90 Å². The molecule has 2 heteroatoms. The molecule has 0 unspecified atom stereocenters. The van der Waals surface area contributed by atoms with Gasteiger partial charge in [0.1, 0.15) is 0 Å². The number of carbonyl (C=O) groups is 1. The Balaban J connectivity index is 2.47. The van der Waals surface area contributed by atoms with Crippen molar-refractivity contribution in [2.45, 2.75) is 13.3 Å². The maximum atomic E-state index is 10.5. The van der Waals surface area contributed by atoms with Crippen LogP contribution < -0.4 is 0 Å². The highest BCUT2D eigenvalue weighted by Gasteiger charge is 2.01. The van der Waals surface area contributed by atoms with Crippen LogP contribution in [0.15, 0.2) is 42.5 Å². The predicted molar refractivity (Wildman–Crippen MR) is 70.0 cm³/mol. The zero-order valence-electron chi connectivity index (χ0n) is 9.68. The minimum Gasteiger partial charge on any atom is -0.481 e. The standard InChI is InChI=1S/C15H14O2/c1-11-9-10-12-5-2-3-6-14(12)13(11)7-4-8-15(16)17/h2-7,9-10H,8H2,1H3,(H,16,17). The van der Waals surface area contributed by atoms with Crippen molar-refractivity contribution in [3.8, 4) is 0 Å². The first-order valence-corrected chi connectivity index (χ1v) is 5.55. The van der Waals surface area contributed by atoms with Gasteiger partial charge in [-0.2, -0.15) is 0 Å². The van der Waals surface area contributed by atoms with Gasteiger partial charge in [0.2, 0.25) is 0 Å². The Morgan fingerprint density at radius 3 is 2.76 bits per heavy atom. The molecule has 0 saturated carbocycles. The number of carboxylic acids is 1. The summed E-state index contributed by atoms with van der Waals surface area (Å²) in [6.07, 6.45) is 3.64. The van der Waals surface area contributed by atoms with Crippen LogP contribution in [-0.2, 0) is 4.79 Å². The summed E-state index contributed by atoms with van der Waals surface area (Å²) in [6.45, 7) is 2.03. The molecule has 17 heavy (non-hydrogen) atoms. The summed E-state index contributed by atoms with van der Waals surface area (Å²) < 4.78 is 0. The van der Waals surface area contributed by atoms with Crippen LogP contribution >= 0.6 is 0 Å². The first-order chi connectivity index (χ1) is 8.18. The maximum absolute atomic E-state index is 10.5. The molecule has 1 N–H and O–H groups in total. The van der Waals surface area contributed by atoms with Gasteiger partial charge in [0.05, 0.1) is 6.42 Å². The van der Waals surface area contributed by atoms with E-state index in [2.05, 4.69) is 24.3 Å². The van der Waals surface area contributed by atoms with E-state index in [4.69, 9.17) is 5.11 Å². The molecule has 0 heterocycles. The van der Waals surface area contributed by atoms with Crippen LogP contribution in [0.4, 0.5) is 0 Å². The number of aliphatic carboxylic acids is 1. The van der Waals surface area contributed by atoms with Crippen LogP contribution in [0.5, 0.6) is 0 Å². The van der Waals surface area contributed by atoms with Crippen LogP contribution in [0, 0.1) is 6.92 Å². The smallest absolute Gasteiger partial charge is 0.307 e. The quantitative estimate of drug-likeness (QED) is 0.867. The van der Waals surface area contributed by atoms with Crippen LogP contribution in [0.25, 0.3) is 16.8 Å². The number of benzene rings is 2. The van der Waals surface area contributed by atoms with Gasteiger partial charge in [-0.1, -0.05) is 48.6 Å². The highest BCUT2D eigenvalue weighted by Crippen LogP contribution is 2.23. The maximum Gasteiger partial charge on any atom is 0.307 e. The molecule has 2 rings (SSSR count). The Morgan fingerprint density at radius 1 is 1.24 bits per heavy atom. The lowest BCUT2D eigenvalue weighted by Gasteiger charge is -2.05. The molecule has 0 aliphatic carbocycles. The first-order valence-electron chi connectivity index (χ1n) is 5.55. The summed E-state index contributed by atoms with van der Waals surface area (Å²) in [7, 11) is 0. The molecule has 2 aromatic carbocycles. The first kappa shape index (κ1) is 11.4. The van der Waals surface area contributed by atoms with Gasteiger partial charge >= 0.3 is 5.97 Å². The van der Waals surface area contributed by atoms with E-state index in [9.17, 15) is 4.79 Å². The van der Waals surface area contributed by atoms with Crippen LogP contribution in [0.1, 0.15) is 17.5 Å². The number of fused-ring (bicyclic) bond motifs is 1. The number of carboxylic acid groups (broad SMARTS) is 1. The topological polar surface area (TPSA) is 37.3 Å². The Bertz CT molecular complexity index is 582. The Labute approximate surface area is 100 Å². The van der Waals surface area contributed by atoms with Crippen molar-refractivity contribution in [2.24, 2.45) is 0 Å². The average molecular weight is 226 g/mol. The van der Waals surface area contributed by atoms with Crippen LogP contribution in [0.3, 0.4) is 0 Å². The van der Waals surface area contributed by atoms with Crippen molar-refractivity contribution in [3.63, 3.8) is 0 Å². The molecular formula is C15H14O2. The third-order valence-electron chi connectivity index (χ3n) is 2.77. The lowest BCUT2D eigenvalue weighted by atomic mass is 9.99. The highest BCUT2D eigenvalue weighted by molar-refractivity contribution is 5.92. The summed E-state index contributed by atoms with van der Waals surface area (Å²) in [4.78, 5) is 10.5. The molecule has 0 aromatic heterocycles. The lowest BCUT2D eigenvalue weighted by molar-refractivity contribution is -0.135. The van der Waals surface area contributed by atoms with Crippen LogP contribution in [0.2, 0.25) is 0 Å². The summed E-state index contributed by atoms with van der Waals surface area (Å²) in [5.41, 5.74) is 2.26. The number of hydrogen-bond acceptors (Lipinski definition) is 1. The predicted octanol–water partition coefficient (Wildman–Crippen LogP) is 3.64. The SMILES string of the molecule is Cc1ccc2ccccc2c1C=CCC(=O)O. The van der Waals surface area contributed by atoms with Crippen LogP contribution in [-0.4, -0.2) is 11.1 Å². The molecule has 2 aromatic rings. The van der Waals surface area contributed by atoms with E-state index in [0.717, 1.165) is 16.5 Å². The van der Waals surface area contributed by atoms with Crippen molar-refractivity contribution in [1.29, 1.82) is 0 Å². The summed E-state index contributed by atoms with van der Waals surface area (Å²) in [5.74, 6) is -0.806. The van der Waals surface area contributed by atoms with Gasteiger partial charge < -0.3 is 5.11 Å². The van der Waals surface area contributed by atoms with Crippen molar-refractivity contribution >= 4 is 22.8 Å². The third kappa shape index (κ3) is 2.53. The van der Waals surface area contributed by atoms with Crippen molar-refractivity contribution in [3.05, 3.63) is 53.6 Å². The van der Waals surface area contributed by atoms with Gasteiger partial charge in [0.15, 0.2) is 0 Å². The molecule has 0 saturated heterocycles. The van der Waals surface area contributed by atoms with Crippen molar-refractivity contribution in [1.82, 2.24) is 0 Å². The van der Waals surface area contributed by atoms with E-state index >= 15 is 0 Å². The molecule has 2 nitrogen and oxygen atoms in total. The molecular weight excluding hydrogens is 212 g/mol. The molecule has 0 aliphatic rings. The van der Waals surface area contributed by atoms with Gasteiger partial charge in [-0.25, -0.2) is 0 Å². The fourth-order valence-corrected chi connectivity index (χ4v) is 1.90. The van der Waals surface area contributed by atoms with E-state index in [1.807, 2.05) is 25.1 Å². The number of rotatable bonds is 3. The second kappa shape index (κ2) is 4.83. The number of aryl methyl sites for hydroxylation is 1. The fourth-order valence-electron chi connectivity index (χ4n) is 1.90. The van der Waals surface area contributed by atoms with E-state index in [1.54, 1.807) is 6.08 Å². The summed E-state index contributed by atoms with van der Waals surface area (Å²) in [5, 5.41) is 11.0. The van der Waals surface area contributed by atoms with Gasteiger partial charge in [-0.15, -0.1) is 0 Å². The van der Waals surface area contributed by atoms with Gasteiger partial charge in [-0.3, -0.25) is 4.79 Å². The van der Waals surface area contributed by atoms with E-state index < -0.39 is 5.97 Å². The van der Waals surface area contributed by atoms with E-state index in [-0.39, 0.29) is 6.42 Å². The molecule has 0 amide bonds. The Kier molecular flexibility index (Phi) is 3.24. The Hall–Kier alpha value is -2.09. The zero-order valence-corrected chi connectivity index (χ0v) is 9.68. The number of hydrogen-bond donors (Lipinski definition) is 1. The van der Waals surface area contributed by atoms with E-state index in [1.165, 1.54) is 5.39 Å². The molecule has 0 fully saturated rings. The minimum absolute atomic E-state index is 0.0582. The summed E-state index contributed by atoms with van der Waals surface area (Å²) >= 11 is 0. The molecule has 0 radical (unpaired) electrons. The molecule has 86 valence electrons. The molecule has 0 spiro atoms. The second-order valence-electron chi connectivity index (χ2n) is 4.02. The molecule has 0 aliphatic heterocycles. The van der Waals surface area contributed by atoms with E-state index in [0.29, 0.717) is 0 Å².